The minimum atomic E-state index is 0. The fraction of sp³-hybridized carbons (Fsp3) is 0. The molecule has 2 nitrogen and oxygen atoms in total. The minimum Gasteiger partial charge on any atom is -0.248 e. The van der Waals surface area contributed by atoms with Crippen LogP contribution >= 0.6 is 24.4 Å². The molecule has 0 atom stereocenters. The first-order valence-corrected chi connectivity index (χ1v) is 1.72. The average Bonchev–Trinajstić information content (AvgIpc) is 1.39. The van der Waals surface area contributed by atoms with Crippen molar-refractivity contribution in [1.82, 2.24) is 0 Å². The van der Waals surface area contributed by atoms with Crippen molar-refractivity contribution >= 4 is 34.8 Å². The Morgan fingerprint density at radius 1 is 1.00 bits per heavy atom. The predicted octanol–water partition coefficient (Wildman–Crippen LogP) is 1.33. The smallest absolute Gasteiger partial charge is 0.0554 e. The van der Waals surface area contributed by atoms with E-state index in [4.69, 9.17) is 10.8 Å². The van der Waals surface area contributed by atoms with Crippen molar-refractivity contribution in [1.29, 1.82) is 10.8 Å². The third-order valence-electron chi connectivity index (χ3n) is 0. The number of isothiocyanates is 2. The molecule has 7 heavy (non-hydrogen) atoms. The van der Waals surface area contributed by atoms with E-state index in [0.717, 1.165) is 0 Å². The van der Waals surface area contributed by atoms with Crippen LogP contribution in [0.1, 0.15) is 0 Å². The molecule has 0 bridgehead atoms. The molecule has 0 spiro atoms. The predicted molar refractivity (Wildman–Crippen MR) is 30.6 cm³/mol. The summed E-state index contributed by atoms with van der Waals surface area (Å²) < 4.78 is 0. The van der Waals surface area contributed by atoms with Gasteiger partial charge in [0.25, 0.3) is 0 Å². The van der Waals surface area contributed by atoms with Gasteiger partial charge < -0.3 is 0 Å². The summed E-state index contributed by atoms with van der Waals surface area (Å²) in [6, 6.07) is 0. The minimum absolute atomic E-state index is 0. The largest absolute Gasteiger partial charge is 0.248 e. The quantitative estimate of drug-likeness (QED) is 0.367. The second-order valence-corrected chi connectivity index (χ2v) is 0.612. The molecule has 0 aliphatic heterocycles. The maximum atomic E-state index is 5.77. The first-order valence-electron chi connectivity index (χ1n) is 0.908. The molecule has 5 heteroatoms. The molecular formula is C2H2N2RuS2. The molecule has 0 saturated heterocycles. The van der Waals surface area contributed by atoms with Crippen molar-refractivity contribution in [2.45, 2.75) is 0 Å². The van der Waals surface area contributed by atoms with Crippen molar-refractivity contribution in [2.75, 3.05) is 0 Å². The molecule has 0 fully saturated rings. The van der Waals surface area contributed by atoms with E-state index in [1.165, 1.54) is 0 Å². The molecule has 0 saturated carbocycles. The summed E-state index contributed by atoms with van der Waals surface area (Å²) in [6.07, 6.45) is 0. The van der Waals surface area contributed by atoms with Crippen LogP contribution in [0.15, 0.2) is 0 Å². The van der Waals surface area contributed by atoms with E-state index < -0.39 is 0 Å². The van der Waals surface area contributed by atoms with Gasteiger partial charge in [-0.05, 0) is 24.4 Å². The Kier molecular flexibility index (Phi) is 77.0. The second kappa shape index (κ2) is 34.3. The van der Waals surface area contributed by atoms with Crippen LogP contribution in [-0.4, -0.2) is 10.3 Å². The molecule has 0 aliphatic carbocycles. The molecule has 0 aromatic rings. The molecule has 0 aromatic carbocycles. The van der Waals surface area contributed by atoms with Gasteiger partial charge in [-0.25, -0.2) is 10.8 Å². The molecular weight excluding hydrogens is 217 g/mol. The normalized spacial score (nSPS) is 2.29. The molecule has 0 heterocycles. The van der Waals surface area contributed by atoms with Crippen LogP contribution in [0.2, 0.25) is 0 Å². The van der Waals surface area contributed by atoms with Gasteiger partial charge in [0, 0.05) is 19.5 Å². The van der Waals surface area contributed by atoms with Crippen LogP contribution in [0.25, 0.3) is 0 Å². The van der Waals surface area contributed by atoms with E-state index in [0.29, 0.717) is 0 Å². The van der Waals surface area contributed by atoms with E-state index >= 15 is 0 Å². The summed E-state index contributed by atoms with van der Waals surface area (Å²) in [5, 5.41) is 14.7. The van der Waals surface area contributed by atoms with Gasteiger partial charge >= 0.3 is 0 Å². The molecule has 0 radical (unpaired) electrons. The van der Waals surface area contributed by atoms with E-state index in [1.54, 1.807) is 10.3 Å². The first kappa shape index (κ1) is 15.7. The maximum Gasteiger partial charge on any atom is 0.0554 e. The molecule has 0 unspecified atom stereocenters. The SMILES string of the molecule is N=C=S.N=C=S.[Ru]. The Hall–Kier alpha value is 0.223. The molecule has 0 rings (SSSR count). The zero-order valence-corrected chi connectivity index (χ0v) is 6.54. The summed E-state index contributed by atoms with van der Waals surface area (Å²) in [5.41, 5.74) is 0. The van der Waals surface area contributed by atoms with Crippen molar-refractivity contribution in [3.63, 3.8) is 0 Å². The van der Waals surface area contributed by atoms with Crippen LogP contribution in [0.4, 0.5) is 0 Å². The van der Waals surface area contributed by atoms with Crippen molar-refractivity contribution < 1.29 is 19.5 Å². The van der Waals surface area contributed by atoms with Gasteiger partial charge in [-0.1, -0.05) is 0 Å². The number of nitrogens with one attached hydrogen (secondary N) is 2. The zero-order chi connectivity index (χ0) is 5.41. The third kappa shape index (κ3) is 2220. The van der Waals surface area contributed by atoms with E-state index in [-0.39, 0.29) is 19.5 Å². The second-order valence-electron chi connectivity index (χ2n) is 0.204. The van der Waals surface area contributed by atoms with Gasteiger partial charge in [0.05, 0.1) is 10.3 Å². The first-order chi connectivity index (χ1) is 2.83. The summed E-state index contributed by atoms with van der Waals surface area (Å²) in [5.74, 6) is 0. The number of hydrogen-bond donors (Lipinski definition) is 2. The summed E-state index contributed by atoms with van der Waals surface area (Å²) >= 11 is 7.62. The molecule has 40 valence electrons. The average molecular weight is 219 g/mol. The number of hydrogen-bond acceptors (Lipinski definition) is 4. The van der Waals surface area contributed by atoms with Gasteiger partial charge in [-0.2, -0.15) is 0 Å². The summed E-state index contributed by atoms with van der Waals surface area (Å²) in [7, 11) is 0. The number of rotatable bonds is 0. The summed E-state index contributed by atoms with van der Waals surface area (Å²) in [6.45, 7) is 0. The Labute approximate surface area is 65.1 Å². The van der Waals surface area contributed by atoms with Crippen LogP contribution < -0.4 is 0 Å². The fourth-order valence-corrected chi connectivity index (χ4v) is 0. The maximum absolute atomic E-state index is 5.77. The van der Waals surface area contributed by atoms with E-state index in [9.17, 15) is 0 Å². The van der Waals surface area contributed by atoms with Gasteiger partial charge in [0.1, 0.15) is 0 Å². The van der Waals surface area contributed by atoms with Crippen LogP contribution in [0, 0.1) is 10.8 Å². The zero-order valence-electron chi connectivity index (χ0n) is 3.17. The van der Waals surface area contributed by atoms with E-state index in [2.05, 4.69) is 24.4 Å². The van der Waals surface area contributed by atoms with Gasteiger partial charge in [-0.3, -0.25) is 0 Å². The summed E-state index contributed by atoms with van der Waals surface area (Å²) in [4.78, 5) is 0. The van der Waals surface area contributed by atoms with Gasteiger partial charge in [0.15, 0.2) is 0 Å². The molecule has 0 aromatic heterocycles. The van der Waals surface area contributed by atoms with E-state index in [1.807, 2.05) is 0 Å². The molecule has 2 N–H and O–H groups in total. The fourth-order valence-electron chi connectivity index (χ4n) is 0. The van der Waals surface area contributed by atoms with Crippen LogP contribution in [0.3, 0.4) is 0 Å². The standard InChI is InChI=1S/2CHNS.Ru/c2*2-1-3;/h2*2H;. The Balaban J connectivity index is -0.0000000400. The van der Waals surface area contributed by atoms with Crippen LogP contribution in [-0.2, 0) is 19.5 Å². The molecule has 0 amide bonds. The number of thiocarbonyl (C=S) groups is 2. The van der Waals surface area contributed by atoms with Gasteiger partial charge in [0.2, 0.25) is 0 Å². The topological polar surface area (TPSA) is 47.7 Å². The van der Waals surface area contributed by atoms with Crippen molar-refractivity contribution in [2.24, 2.45) is 0 Å². The third-order valence-corrected chi connectivity index (χ3v) is 0. The van der Waals surface area contributed by atoms with Crippen molar-refractivity contribution in [3.8, 4) is 0 Å². The Bertz CT molecular complexity index is 67.7. The Morgan fingerprint density at radius 3 is 1.00 bits per heavy atom. The monoisotopic (exact) mass is 220 g/mol. The molecule has 0 aliphatic rings. The van der Waals surface area contributed by atoms with Crippen molar-refractivity contribution in [3.05, 3.63) is 0 Å². The van der Waals surface area contributed by atoms with Crippen LogP contribution in [0.5, 0.6) is 0 Å². The van der Waals surface area contributed by atoms with Gasteiger partial charge in [-0.15, -0.1) is 0 Å². The Morgan fingerprint density at radius 2 is 1.00 bits per heavy atom.